The van der Waals surface area contributed by atoms with Gasteiger partial charge in [-0.25, -0.2) is 0 Å². The average molecular weight is 887 g/mol. The summed E-state index contributed by atoms with van der Waals surface area (Å²) in [6, 6.07) is 15.7. The van der Waals surface area contributed by atoms with E-state index in [1.54, 1.807) is 6.07 Å². The van der Waals surface area contributed by atoms with Crippen molar-refractivity contribution in [1.29, 1.82) is 0 Å². The number of aryl methyl sites for hydroxylation is 1. The molecule has 1 N–H and O–H groups in total. The number of allylic oxidation sites excluding steroid dienone is 1. The van der Waals surface area contributed by atoms with Crippen molar-refractivity contribution >= 4 is 71.2 Å². The molecule has 46 heavy (non-hydrogen) atoms. The van der Waals surface area contributed by atoms with Crippen molar-refractivity contribution in [2.75, 3.05) is 0 Å². The van der Waals surface area contributed by atoms with Crippen LogP contribution in [0, 0.1) is 66.2 Å². The number of halogens is 7. The molecule has 2 fully saturated rings. The van der Waals surface area contributed by atoms with E-state index in [2.05, 4.69) is 71.0 Å². The van der Waals surface area contributed by atoms with Crippen LogP contribution in [-0.4, -0.2) is 5.11 Å². The van der Waals surface area contributed by atoms with E-state index in [0.29, 0.717) is 5.75 Å². The van der Waals surface area contributed by atoms with Gasteiger partial charge < -0.3 is 34.8 Å². The molecule has 0 atom stereocenters. The summed E-state index contributed by atoms with van der Waals surface area (Å²) in [7, 11) is 34.5. The van der Waals surface area contributed by atoms with E-state index in [1.165, 1.54) is 43.2 Å². The molecule has 3 aliphatic rings. The number of hydrogen-bond acceptors (Lipinski definition) is 1. The summed E-state index contributed by atoms with van der Waals surface area (Å²) >= 11 is -3.03. The fourth-order valence-corrected chi connectivity index (χ4v) is 5.04. The summed E-state index contributed by atoms with van der Waals surface area (Å²) in [5.74, 6) is 5.04. The first kappa shape index (κ1) is 60.3. The fraction of sp³-hybridized carbons (Fsp3) is 0.486. The van der Waals surface area contributed by atoms with Crippen molar-refractivity contribution in [1.82, 2.24) is 0 Å². The first-order chi connectivity index (χ1) is 19.9. The second-order valence-corrected chi connectivity index (χ2v) is 23.4. The molecule has 0 spiro atoms. The van der Waals surface area contributed by atoms with Gasteiger partial charge in [0.15, 0.2) is 0 Å². The molecule has 0 saturated heterocycles. The van der Waals surface area contributed by atoms with Gasteiger partial charge in [-0.3, -0.25) is 0 Å². The number of fused-ring (bicyclic) bond motifs is 1. The Morgan fingerprint density at radius 1 is 0.609 bits per heavy atom. The van der Waals surface area contributed by atoms with Gasteiger partial charge in [-0.1, -0.05) is 121 Å². The Morgan fingerprint density at radius 3 is 1.20 bits per heavy atom. The first-order valence-corrected chi connectivity index (χ1v) is 29.2. The van der Waals surface area contributed by atoms with Crippen LogP contribution in [0.25, 0.3) is 6.08 Å². The SMILES string of the molecule is C1=Cc2ccccc2C1.C1CCCC1.CC1C(C)C(C)C(C)C1C.Cc1ccccc1O.[CH3-].[CH3-].[CH3-].[CH3-].[Cl][Ti+]([Cl])[Cl].[Cl][Ti][Cl].[Cl][Ti][Cl]. The Kier molecular flexibility index (Phi) is 52.3. The van der Waals surface area contributed by atoms with Crippen molar-refractivity contribution in [3.63, 3.8) is 0 Å². The van der Waals surface area contributed by atoms with Gasteiger partial charge in [-0.05, 0) is 65.7 Å². The topological polar surface area (TPSA) is 20.2 Å². The number of rotatable bonds is 0. The van der Waals surface area contributed by atoms with Crippen LogP contribution in [0.2, 0.25) is 0 Å². The summed E-state index contributed by atoms with van der Waals surface area (Å²) in [4.78, 5) is 0. The van der Waals surface area contributed by atoms with Crippen LogP contribution in [0.5, 0.6) is 5.75 Å². The number of phenols is 1. The maximum atomic E-state index is 8.92. The third kappa shape index (κ3) is 30.9. The molecule has 0 aromatic heterocycles. The molecule has 1 nitrogen and oxygen atoms in total. The fourth-order valence-electron chi connectivity index (χ4n) is 5.04. The summed E-state index contributed by atoms with van der Waals surface area (Å²) in [5, 5.41) is 8.92. The van der Waals surface area contributed by atoms with Crippen LogP contribution in [0.4, 0.5) is 0 Å². The zero-order chi connectivity index (χ0) is 32.5. The first-order valence-electron chi connectivity index (χ1n) is 14.1. The maximum absolute atomic E-state index is 8.92. The molecule has 0 heterocycles. The summed E-state index contributed by atoms with van der Waals surface area (Å²) < 4.78 is 0. The van der Waals surface area contributed by atoms with Crippen molar-refractivity contribution < 1.29 is 53.9 Å². The van der Waals surface area contributed by atoms with Crippen LogP contribution >= 0.6 is 65.1 Å². The van der Waals surface area contributed by atoms with E-state index >= 15 is 0 Å². The molecule has 5 rings (SSSR count). The van der Waals surface area contributed by atoms with Gasteiger partial charge in [0.1, 0.15) is 5.75 Å². The minimum absolute atomic E-state index is 0. The van der Waals surface area contributed by atoms with Crippen molar-refractivity contribution in [3.8, 4) is 5.75 Å². The zero-order valence-electron chi connectivity index (χ0n) is 29.5. The predicted molar refractivity (Wildman–Crippen MR) is 208 cm³/mol. The molecule has 0 radical (unpaired) electrons. The van der Waals surface area contributed by atoms with E-state index in [0.717, 1.165) is 41.6 Å². The molecule has 0 aliphatic heterocycles. The van der Waals surface area contributed by atoms with Crippen LogP contribution in [0.3, 0.4) is 0 Å². The number of aromatic hydroxyl groups is 1. The predicted octanol–water partition coefficient (Wildman–Crippen LogP) is 15.7. The molecule has 11 heteroatoms. The number of hydrogen-bond donors (Lipinski definition) is 1. The monoisotopic (exact) mass is 883 g/mol. The van der Waals surface area contributed by atoms with Gasteiger partial charge in [0, 0.05) is 0 Å². The molecular formula is C35H58Cl7OTi3-3. The molecule has 2 aromatic carbocycles. The number of para-hydroxylation sites is 1. The summed E-state index contributed by atoms with van der Waals surface area (Å²) in [6.45, 7) is 13.9. The molecule has 0 unspecified atom stereocenters. The van der Waals surface area contributed by atoms with Crippen LogP contribution < -0.4 is 0 Å². The van der Waals surface area contributed by atoms with Gasteiger partial charge in [0.2, 0.25) is 0 Å². The minimum atomic E-state index is -1.92. The van der Waals surface area contributed by atoms with E-state index < -0.39 is 48.8 Å². The van der Waals surface area contributed by atoms with E-state index in [4.69, 9.17) is 70.2 Å². The Bertz CT molecular complexity index is 856. The quantitative estimate of drug-likeness (QED) is 0.206. The van der Waals surface area contributed by atoms with Crippen molar-refractivity contribution in [2.45, 2.75) is 80.1 Å². The molecule has 2 aromatic rings. The zero-order valence-corrected chi connectivity index (χ0v) is 39.5. The molecule has 3 aliphatic carbocycles. The van der Waals surface area contributed by atoms with E-state index in [-0.39, 0.29) is 29.7 Å². The average Bonchev–Trinajstić information content (AvgIpc) is 3.72. The third-order valence-electron chi connectivity index (χ3n) is 8.20. The Morgan fingerprint density at radius 2 is 0.913 bits per heavy atom. The molecular weight excluding hydrogens is 828 g/mol. The molecule has 0 amide bonds. The molecule has 2 saturated carbocycles. The van der Waals surface area contributed by atoms with Crippen LogP contribution in [0.1, 0.15) is 83.4 Å². The second-order valence-electron chi connectivity index (χ2n) is 10.5. The molecule has 0 bridgehead atoms. The van der Waals surface area contributed by atoms with E-state index in [1.807, 2.05) is 25.1 Å². The van der Waals surface area contributed by atoms with Crippen LogP contribution in [-0.2, 0) is 55.2 Å². The van der Waals surface area contributed by atoms with Gasteiger partial charge in [-0.2, -0.15) is 0 Å². The van der Waals surface area contributed by atoms with Gasteiger partial charge in [0.25, 0.3) is 0 Å². The second kappa shape index (κ2) is 39.9. The molecule has 268 valence electrons. The summed E-state index contributed by atoms with van der Waals surface area (Å²) in [5.41, 5.74) is 3.77. The van der Waals surface area contributed by atoms with Gasteiger partial charge in [-0.15, -0.1) is 0 Å². The number of phenolic OH excluding ortho intramolecular Hbond substituents is 1. The Hall–Kier alpha value is 2.15. The van der Waals surface area contributed by atoms with Crippen molar-refractivity contribution in [3.05, 3.63) is 101 Å². The van der Waals surface area contributed by atoms with Crippen molar-refractivity contribution in [2.24, 2.45) is 29.6 Å². The normalized spacial score (nSPS) is 20.2. The van der Waals surface area contributed by atoms with Crippen LogP contribution in [0.15, 0.2) is 54.6 Å². The number of benzene rings is 2. The van der Waals surface area contributed by atoms with E-state index in [9.17, 15) is 0 Å². The van der Waals surface area contributed by atoms with Gasteiger partial charge in [0.05, 0.1) is 0 Å². The Balaban J connectivity index is -0.000000104. The van der Waals surface area contributed by atoms with Gasteiger partial charge >= 0.3 is 114 Å². The Labute approximate surface area is 337 Å². The summed E-state index contributed by atoms with van der Waals surface area (Å²) in [6.07, 6.45) is 13.0. The standard InChI is InChI=1S/C10H20.C9H8.C7H8O.C5H10.4CH3.7ClH.3Ti/c1-6-7(2)9(4)10(5)8(6)3;1-2-5-9-7-3-6-8(9)4-1;1-6-4-2-3-5-7(6)8;1-2-4-5-3-1;;;;;;;;;;;;;;/h6-10H,1-5H3;1-6H,7H2;2-5,8H,1H3;1-5H2;4*1H3;7*1H;;;/q;;;;4*-1;;;;;;;;2*+2;+4/p-7. The third-order valence-corrected chi connectivity index (χ3v) is 8.20.